The highest BCUT2D eigenvalue weighted by atomic mass is 32.2. The van der Waals surface area contributed by atoms with E-state index in [0.717, 1.165) is 0 Å². The molecule has 0 spiro atoms. The zero-order valence-electron chi connectivity index (χ0n) is 14.4. The van der Waals surface area contributed by atoms with Crippen LogP contribution in [-0.4, -0.2) is 38.9 Å². The third kappa shape index (κ3) is 4.37. The molecule has 0 N–H and O–H groups in total. The molecule has 134 valence electrons. The Bertz CT molecular complexity index is 810. The molecular weight excluding hydrogens is 342 g/mol. The Labute approximate surface area is 148 Å². The maximum Gasteiger partial charge on any atom is 0.343 e. The second-order valence-corrected chi connectivity index (χ2v) is 7.12. The molecule has 0 heterocycles. The second kappa shape index (κ2) is 8.13. The van der Waals surface area contributed by atoms with Gasteiger partial charge in [-0.05, 0) is 48.5 Å². The number of rotatable bonds is 7. The number of sulfonamides is 1. The van der Waals surface area contributed by atoms with Crippen molar-refractivity contribution in [1.29, 1.82) is 0 Å². The molecule has 25 heavy (non-hydrogen) atoms. The van der Waals surface area contributed by atoms with Crippen molar-refractivity contribution in [2.45, 2.75) is 18.7 Å². The zero-order valence-corrected chi connectivity index (χ0v) is 15.2. The lowest BCUT2D eigenvalue weighted by Gasteiger charge is -2.18. The van der Waals surface area contributed by atoms with Gasteiger partial charge in [-0.2, -0.15) is 4.31 Å². The Morgan fingerprint density at radius 3 is 1.92 bits per heavy atom. The molecule has 0 saturated carbocycles. The molecule has 0 saturated heterocycles. The molecule has 0 amide bonds. The van der Waals surface area contributed by atoms with Crippen molar-refractivity contribution in [2.24, 2.45) is 0 Å². The van der Waals surface area contributed by atoms with E-state index in [1.54, 1.807) is 45.2 Å². The van der Waals surface area contributed by atoms with E-state index in [1.165, 1.54) is 28.6 Å². The van der Waals surface area contributed by atoms with Gasteiger partial charge in [0.2, 0.25) is 10.0 Å². The standard InChI is InChI=1S/C18H21NO5S/c1-4-19(5-2)25(21,22)17-12-6-14(7-13-17)18(20)24-16-10-8-15(23-3)9-11-16/h6-13H,4-5H2,1-3H3. The van der Waals surface area contributed by atoms with Gasteiger partial charge >= 0.3 is 5.97 Å². The quantitative estimate of drug-likeness (QED) is 0.559. The summed E-state index contributed by atoms with van der Waals surface area (Å²) in [6.07, 6.45) is 0. The van der Waals surface area contributed by atoms with E-state index in [2.05, 4.69) is 0 Å². The highest BCUT2D eigenvalue weighted by molar-refractivity contribution is 7.89. The number of hydrogen-bond acceptors (Lipinski definition) is 5. The van der Waals surface area contributed by atoms with Crippen LogP contribution >= 0.6 is 0 Å². The maximum atomic E-state index is 12.4. The fourth-order valence-electron chi connectivity index (χ4n) is 2.29. The number of benzene rings is 2. The number of carbonyl (C=O) groups is 1. The van der Waals surface area contributed by atoms with Gasteiger partial charge < -0.3 is 9.47 Å². The van der Waals surface area contributed by atoms with Crippen molar-refractivity contribution in [1.82, 2.24) is 4.31 Å². The lowest BCUT2D eigenvalue weighted by atomic mass is 10.2. The van der Waals surface area contributed by atoms with Gasteiger partial charge in [0.25, 0.3) is 0 Å². The summed E-state index contributed by atoms with van der Waals surface area (Å²) in [5.41, 5.74) is 0.273. The monoisotopic (exact) mass is 363 g/mol. The Balaban J connectivity index is 2.14. The molecular formula is C18H21NO5S. The minimum atomic E-state index is -3.54. The normalized spacial score (nSPS) is 11.4. The molecule has 2 aromatic rings. The second-order valence-electron chi connectivity index (χ2n) is 5.18. The van der Waals surface area contributed by atoms with E-state index in [9.17, 15) is 13.2 Å². The molecule has 6 nitrogen and oxygen atoms in total. The first-order valence-corrected chi connectivity index (χ1v) is 9.32. The number of esters is 1. The van der Waals surface area contributed by atoms with Crippen LogP contribution in [-0.2, 0) is 10.0 Å². The van der Waals surface area contributed by atoms with Gasteiger partial charge in [-0.1, -0.05) is 13.8 Å². The molecule has 0 aliphatic carbocycles. The lowest BCUT2D eigenvalue weighted by Crippen LogP contribution is -2.30. The van der Waals surface area contributed by atoms with E-state index < -0.39 is 16.0 Å². The van der Waals surface area contributed by atoms with Gasteiger partial charge in [-0.15, -0.1) is 0 Å². The van der Waals surface area contributed by atoms with Crippen LogP contribution in [0.3, 0.4) is 0 Å². The van der Waals surface area contributed by atoms with E-state index >= 15 is 0 Å². The van der Waals surface area contributed by atoms with Crippen LogP contribution < -0.4 is 9.47 Å². The average Bonchev–Trinajstić information content (AvgIpc) is 2.63. The van der Waals surface area contributed by atoms with Gasteiger partial charge in [-0.25, -0.2) is 13.2 Å². The van der Waals surface area contributed by atoms with Crippen molar-refractivity contribution in [2.75, 3.05) is 20.2 Å². The average molecular weight is 363 g/mol. The number of methoxy groups -OCH3 is 1. The van der Waals surface area contributed by atoms with Crippen molar-refractivity contribution < 1.29 is 22.7 Å². The third-order valence-corrected chi connectivity index (χ3v) is 5.77. The third-order valence-electron chi connectivity index (χ3n) is 3.70. The van der Waals surface area contributed by atoms with Crippen molar-refractivity contribution in [3.8, 4) is 11.5 Å². The van der Waals surface area contributed by atoms with Crippen LogP contribution in [0.15, 0.2) is 53.4 Å². The summed E-state index contributed by atoms with van der Waals surface area (Å²) < 4.78 is 36.5. The first-order valence-electron chi connectivity index (χ1n) is 7.88. The van der Waals surface area contributed by atoms with Crippen LogP contribution in [0.1, 0.15) is 24.2 Å². The summed E-state index contributed by atoms with van der Waals surface area (Å²) in [4.78, 5) is 12.3. The highest BCUT2D eigenvalue weighted by Crippen LogP contribution is 2.20. The number of carbonyl (C=O) groups excluding carboxylic acids is 1. The van der Waals surface area contributed by atoms with Crippen LogP contribution in [0.4, 0.5) is 0 Å². The molecule has 7 heteroatoms. The summed E-state index contributed by atoms with van der Waals surface area (Å²) in [6, 6.07) is 12.3. The Kier molecular flexibility index (Phi) is 6.17. The molecule has 0 aromatic heterocycles. The SMILES string of the molecule is CCN(CC)S(=O)(=O)c1ccc(C(=O)Oc2ccc(OC)cc2)cc1. The maximum absolute atomic E-state index is 12.4. The fraction of sp³-hybridized carbons (Fsp3) is 0.278. The molecule has 0 aliphatic rings. The van der Waals surface area contributed by atoms with Gasteiger partial charge in [0.15, 0.2) is 0 Å². The van der Waals surface area contributed by atoms with Crippen LogP contribution in [0, 0.1) is 0 Å². The summed E-state index contributed by atoms with van der Waals surface area (Å²) >= 11 is 0. The topological polar surface area (TPSA) is 72.9 Å². The molecule has 2 rings (SSSR count). The number of nitrogens with zero attached hydrogens (tertiary/aromatic N) is 1. The van der Waals surface area contributed by atoms with Gasteiger partial charge in [0, 0.05) is 13.1 Å². The van der Waals surface area contributed by atoms with Gasteiger partial charge in [-0.3, -0.25) is 0 Å². The van der Waals surface area contributed by atoms with Crippen LogP contribution in [0.2, 0.25) is 0 Å². The minimum Gasteiger partial charge on any atom is -0.497 e. The largest absolute Gasteiger partial charge is 0.497 e. The molecule has 0 bridgehead atoms. The van der Waals surface area contributed by atoms with E-state index in [-0.39, 0.29) is 10.5 Å². The number of ether oxygens (including phenoxy) is 2. The van der Waals surface area contributed by atoms with Crippen LogP contribution in [0.5, 0.6) is 11.5 Å². The van der Waals surface area contributed by atoms with Gasteiger partial charge in [0.05, 0.1) is 17.6 Å². The molecule has 0 atom stereocenters. The van der Waals surface area contributed by atoms with Crippen molar-refractivity contribution in [3.05, 3.63) is 54.1 Å². The van der Waals surface area contributed by atoms with Crippen LogP contribution in [0.25, 0.3) is 0 Å². The first-order chi connectivity index (χ1) is 11.9. The summed E-state index contributed by atoms with van der Waals surface area (Å²) in [6.45, 7) is 4.34. The summed E-state index contributed by atoms with van der Waals surface area (Å²) in [7, 11) is -1.99. The molecule has 0 fully saturated rings. The molecule has 0 aliphatic heterocycles. The Hall–Kier alpha value is -2.38. The Morgan fingerprint density at radius 1 is 0.920 bits per heavy atom. The summed E-state index contributed by atoms with van der Waals surface area (Å²) in [5, 5.41) is 0. The van der Waals surface area contributed by atoms with Gasteiger partial charge in [0.1, 0.15) is 11.5 Å². The minimum absolute atomic E-state index is 0.150. The molecule has 0 radical (unpaired) electrons. The predicted octanol–water partition coefficient (Wildman–Crippen LogP) is 2.94. The first kappa shape index (κ1) is 19.0. The highest BCUT2D eigenvalue weighted by Gasteiger charge is 2.21. The zero-order chi connectivity index (χ0) is 18.4. The smallest absolute Gasteiger partial charge is 0.343 e. The van der Waals surface area contributed by atoms with E-state index in [0.29, 0.717) is 24.6 Å². The van der Waals surface area contributed by atoms with E-state index in [4.69, 9.17) is 9.47 Å². The number of hydrogen-bond donors (Lipinski definition) is 0. The predicted molar refractivity (Wildman–Crippen MR) is 94.5 cm³/mol. The van der Waals surface area contributed by atoms with Crippen molar-refractivity contribution >= 4 is 16.0 Å². The fourth-order valence-corrected chi connectivity index (χ4v) is 3.74. The molecule has 0 unspecified atom stereocenters. The summed E-state index contributed by atoms with van der Waals surface area (Å²) in [5.74, 6) is 0.480. The van der Waals surface area contributed by atoms with Crippen molar-refractivity contribution in [3.63, 3.8) is 0 Å². The lowest BCUT2D eigenvalue weighted by molar-refractivity contribution is 0.0734. The Morgan fingerprint density at radius 2 is 1.44 bits per heavy atom. The van der Waals surface area contributed by atoms with E-state index in [1.807, 2.05) is 0 Å². The molecule has 2 aromatic carbocycles.